The van der Waals surface area contributed by atoms with E-state index in [0.717, 1.165) is 12.8 Å². The van der Waals surface area contributed by atoms with E-state index < -0.39 is 15.4 Å². The van der Waals surface area contributed by atoms with Crippen molar-refractivity contribution in [3.63, 3.8) is 0 Å². The van der Waals surface area contributed by atoms with Gasteiger partial charge in [-0.1, -0.05) is 20.8 Å². The van der Waals surface area contributed by atoms with E-state index in [1.165, 1.54) is 12.1 Å². The summed E-state index contributed by atoms with van der Waals surface area (Å²) in [6.07, 6.45) is 2.97. The van der Waals surface area contributed by atoms with Gasteiger partial charge in [0.25, 0.3) is 0 Å². The second-order valence-corrected chi connectivity index (χ2v) is 11.1. The molecule has 8 nitrogen and oxygen atoms in total. The summed E-state index contributed by atoms with van der Waals surface area (Å²) >= 11 is 0. The number of nitrogens with one attached hydrogen (secondary N) is 2. The fourth-order valence-electron chi connectivity index (χ4n) is 3.87. The van der Waals surface area contributed by atoms with Crippen LogP contribution in [0.5, 0.6) is 0 Å². The molecular weight excluding hydrogens is 418 g/mol. The summed E-state index contributed by atoms with van der Waals surface area (Å²) in [5.41, 5.74) is 0.132. The zero-order chi connectivity index (χ0) is 22.6. The summed E-state index contributed by atoms with van der Waals surface area (Å²) in [6, 6.07) is 6.16. The highest BCUT2D eigenvalue weighted by molar-refractivity contribution is 7.89. The second kappa shape index (κ2) is 9.67. The largest absolute Gasteiger partial charge is 0.377 e. The zero-order valence-corrected chi connectivity index (χ0v) is 19.3. The molecule has 2 aliphatic heterocycles. The standard InChI is InChI=1S/C22H33N3O5S/c1-22(2,3)21(27)25-12-10-16(11-13-25)20(26)24-17-6-8-19(9-7-17)31(28,29)23-15-18-5-4-14-30-18/h6-9,16,18,23H,4-5,10-15H2,1-3H3,(H,24,26)/t18-/m0/s1. The molecule has 0 spiro atoms. The average molecular weight is 452 g/mol. The molecule has 2 saturated heterocycles. The maximum Gasteiger partial charge on any atom is 0.240 e. The molecule has 1 aromatic carbocycles. The van der Waals surface area contributed by atoms with Crippen LogP contribution in [0, 0.1) is 11.3 Å². The predicted molar refractivity (Wildman–Crippen MR) is 118 cm³/mol. The Hall–Kier alpha value is -1.97. The van der Waals surface area contributed by atoms with E-state index in [-0.39, 0.29) is 35.3 Å². The summed E-state index contributed by atoms with van der Waals surface area (Å²) in [5.74, 6) is -0.160. The highest BCUT2D eigenvalue weighted by Gasteiger charge is 2.32. The van der Waals surface area contributed by atoms with Crippen LogP contribution < -0.4 is 10.0 Å². The molecule has 1 atom stereocenters. The highest BCUT2D eigenvalue weighted by atomic mass is 32.2. The maximum atomic E-state index is 12.6. The Labute approximate surface area is 184 Å². The monoisotopic (exact) mass is 451 g/mol. The van der Waals surface area contributed by atoms with Crippen LogP contribution in [-0.2, 0) is 24.3 Å². The van der Waals surface area contributed by atoms with Crippen molar-refractivity contribution in [2.24, 2.45) is 11.3 Å². The third-order valence-electron chi connectivity index (χ3n) is 5.75. The normalized spacial score (nSPS) is 20.6. The summed E-state index contributed by atoms with van der Waals surface area (Å²) in [6.45, 7) is 7.77. The van der Waals surface area contributed by atoms with Gasteiger partial charge in [0.05, 0.1) is 11.0 Å². The Bertz CT molecular complexity index is 879. The quantitative estimate of drug-likeness (QED) is 0.691. The second-order valence-electron chi connectivity index (χ2n) is 9.32. The number of hydrogen-bond donors (Lipinski definition) is 2. The van der Waals surface area contributed by atoms with Gasteiger partial charge >= 0.3 is 0 Å². The zero-order valence-electron chi connectivity index (χ0n) is 18.5. The Morgan fingerprint density at radius 3 is 2.29 bits per heavy atom. The minimum absolute atomic E-state index is 0.0709. The Morgan fingerprint density at radius 2 is 1.74 bits per heavy atom. The average Bonchev–Trinajstić information content (AvgIpc) is 3.25. The topological polar surface area (TPSA) is 105 Å². The first-order valence-corrected chi connectivity index (χ1v) is 12.4. The number of anilines is 1. The van der Waals surface area contributed by atoms with E-state index in [9.17, 15) is 18.0 Å². The fraction of sp³-hybridized carbons (Fsp3) is 0.636. The molecule has 3 rings (SSSR count). The number of benzene rings is 1. The van der Waals surface area contributed by atoms with Crippen LogP contribution in [0.2, 0.25) is 0 Å². The predicted octanol–water partition coefficient (Wildman–Crippen LogP) is 2.37. The molecule has 0 radical (unpaired) electrons. The summed E-state index contributed by atoms with van der Waals surface area (Å²) in [5, 5.41) is 2.86. The lowest BCUT2D eigenvalue weighted by atomic mass is 9.90. The van der Waals surface area contributed by atoms with Crippen molar-refractivity contribution < 1.29 is 22.7 Å². The van der Waals surface area contributed by atoms with Crippen LogP contribution in [0.4, 0.5) is 5.69 Å². The number of ether oxygens (including phenoxy) is 1. The first kappa shape index (κ1) is 23.7. The lowest BCUT2D eigenvalue weighted by Crippen LogP contribution is -2.45. The van der Waals surface area contributed by atoms with Crippen LogP contribution in [0.25, 0.3) is 0 Å². The first-order valence-electron chi connectivity index (χ1n) is 10.9. The van der Waals surface area contributed by atoms with Gasteiger partial charge in [0.1, 0.15) is 0 Å². The van der Waals surface area contributed by atoms with Crippen LogP contribution >= 0.6 is 0 Å². The van der Waals surface area contributed by atoms with Crippen LogP contribution in [0.1, 0.15) is 46.5 Å². The molecule has 31 heavy (non-hydrogen) atoms. The van der Waals surface area contributed by atoms with Gasteiger partial charge in [0.15, 0.2) is 0 Å². The number of nitrogens with zero attached hydrogens (tertiary/aromatic N) is 1. The summed E-state index contributed by atoms with van der Waals surface area (Å²) < 4.78 is 32.9. The van der Waals surface area contributed by atoms with Crippen molar-refractivity contribution >= 4 is 27.5 Å². The van der Waals surface area contributed by atoms with Crippen molar-refractivity contribution in [3.8, 4) is 0 Å². The van der Waals surface area contributed by atoms with Crippen molar-refractivity contribution in [3.05, 3.63) is 24.3 Å². The Balaban J connectivity index is 1.50. The van der Waals surface area contributed by atoms with Gasteiger partial charge in [-0.05, 0) is 49.9 Å². The molecule has 2 aliphatic rings. The minimum Gasteiger partial charge on any atom is -0.377 e. The Morgan fingerprint density at radius 1 is 1.10 bits per heavy atom. The molecule has 172 valence electrons. The van der Waals surface area contributed by atoms with E-state index in [2.05, 4.69) is 10.0 Å². The lowest BCUT2D eigenvalue weighted by Gasteiger charge is -2.35. The number of likely N-dealkylation sites (tertiary alicyclic amines) is 1. The molecule has 0 aliphatic carbocycles. The summed E-state index contributed by atoms with van der Waals surface area (Å²) in [4.78, 5) is 27.0. The van der Waals surface area contributed by atoms with E-state index in [1.54, 1.807) is 12.1 Å². The van der Waals surface area contributed by atoms with Crippen molar-refractivity contribution in [2.75, 3.05) is 31.6 Å². The lowest BCUT2D eigenvalue weighted by molar-refractivity contribution is -0.142. The number of carbonyl (C=O) groups is 2. The Kier molecular flexibility index (Phi) is 7.39. The number of amides is 2. The van der Waals surface area contributed by atoms with Crippen molar-refractivity contribution in [1.29, 1.82) is 0 Å². The molecule has 0 unspecified atom stereocenters. The SMILES string of the molecule is CC(C)(C)C(=O)N1CCC(C(=O)Nc2ccc(S(=O)(=O)NC[C@@H]3CCCO3)cc2)CC1. The molecule has 2 N–H and O–H groups in total. The summed E-state index contributed by atoms with van der Waals surface area (Å²) in [7, 11) is -3.62. The van der Waals surface area contributed by atoms with Gasteiger partial charge in [-0.2, -0.15) is 0 Å². The van der Waals surface area contributed by atoms with E-state index in [4.69, 9.17) is 4.74 Å². The highest BCUT2D eigenvalue weighted by Crippen LogP contribution is 2.25. The molecule has 2 fully saturated rings. The number of hydrogen-bond acceptors (Lipinski definition) is 5. The minimum atomic E-state index is -3.62. The van der Waals surface area contributed by atoms with Gasteiger partial charge in [-0.3, -0.25) is 9.59 Å². The number of sulfonamides is 1. The van der Waals surface area contributed by atoms with E-state index in [1.807, 2.05) is 25.7 Å². The fourth-order valence-corrected chi connectivity index (χ4v) is 4.94. The third kappa shape index (κ3) is 6.27. The van der Waals surface area contributed by atoms with E-state index in [0.29, 0.717) is 38.2 Å². The molecule has 0 aromatic heterocycles. The number of piperidine rings is 1. The maximum absolute atomic E-state index is 12.6. The first-order chi connectivity index (χ1) is 14.6. The number of carbonyl (C=O) groups excluding carboxylic acids is 2. The molecule has 2 amide bonds. The van der Waals surface area contributed by atoms with Gasteiger partial charge in [-0.25, -0.2) is 13.1 Å². The van der Waals surface area contributed by atoms with Crippen molar-refractivity contribution in [1.82, 2.24) is 9.62 Å². The molecule has 9 heteroatoms. The van der Waals surface area contributed by atoms with E-state index >= 15 is 0 Å². The van der Waals surface area contributed by atoms with Gasteiger partial charge in [-0.15, -0.1) is 0 Å². The third-order valence-corrected chi connectivity index (χ3v) is 7.19. The van der Waals surface area contributed by atoms with Crippen LogP contribution in [0.15, 0.2) is 29.2 Å². The molecule has 0 bridgehead atoms. The van der Waals surface area contributed by atoms with Gasteiger partial charge < -0.3 is 15.0 Å². The molecule has 0 saturated carbocycles. The van der Waals surface area contributed by atoms with Crippen LogP contribution in [0.3, 0.4) is 0 Å². The molecule has 2 heterocycles. The van der Waals surface area contributed by atoms with Gasteiger partial charge in [0, 0.05) is 43.3 Å². The van der Waals surface area contributed by atoms with Crippen molar-refractivity contribution in [2.45, 2.75) is 57.5 Å². The smallest absolute Gasteiger partial charge is 0.240 e. The number of rotatable bonds is 6. The van der Waals surface area contributed by atoms with Crippen LogP contribution in [-0.4, -0.2) is 57.5 Å². The molecule has 1 aromatic rings. The molecular formula is C22H33N3O5S. The van der Waals surface area contributed by atoms with Gasteiger partial charge in [0.2, 0.25) is 21.8 Å².